The van der Waals surface area contributed by atoms with Crippen molar-refractivity contribution >= 4 is 59.2 Å². The molecular formula is C18H27Cl3N4S. The molecule has 1 N–H and O–H groups in total. The summed E-state index contributed by atoms with van der Waals surface area (Å²) in [6, 6.07) is 8.96. The molecule has 0 aliphatic carbocycles. The summed E-state index contributed by atoms with van der Waals surface area (Å²) in [7, 11) is 2.20. The highest BCUT2D eigenvalue weighted by Crippen LogP contribution is 2.35. The summed E-state index contributed by atoms with van der Waals surface area (Å²) in [5, 5.41) is 5.95. The van der Waals surface area contributed by atoms with Crippen LogP contribution in [0.25, 0.3) is 10.6 Å². The van der Waals surface area contributed by atoms with Gasteiger partial charge in [-0.15, -0.1) is 37.2 Å². The van der Waals surface area contributed by atoms with Crippen molar-refractivity contribution in [1.82, 2.24) is 9.88 Å². The molecule has 0 amide bonds. The van der Waals surface area contributed by atoms with Gasteiger partial charge in [-0.2, -0.15) is 0 Å². The molecule has 0 bridgehead atoms. The van der Waals surface area contributed by atoms with Crippen LogP contribution in [-0.2, 0) is 6.42 Å². The Bertz CT molecular complexity index is 646. The van der Waals surface area contributed by atoms with Gasteiger partial charge in [-0.1, -0.05) is 11.3 Å². The molecule has 1 saturated heterocycles. The van der Waals surface area contributed by atoms with Crippen LogP contribution in [-0.4, -0.2) is 49.7 Å². The quantitative estimate of drug-likeness (QED) is 0.745. The molecule has 0 atom stereocenters. The summed E-state index contributed by atoms with van der Waals surface area (Å²) in [5.41, 5.74) is 3.83. The summed E-state index contributed by atoms with van der Waals surface area (Å²) in [5.74, 6) is 0. The van der Waals surface area contributed by atoms with E-state index in [2.05, 4.69) is 46.4 Å². The van der Waals surface area contributed by atoms with Crippen molar-refractivity contribution in [2.75, 3.05) is 50.0 Å². The monoisotopic (exact) mass is 436 g/mol. The van der Waals surface area contributed by atoms with E-state index in [0.717, 1.165) is 44.2 Å². The van der Waals surface area contributed by atoms with E-state index in [4.69, 9.17) is 4.98 Å². The second kappa shape index (κ2) is 10.6. The molecule has 1 aromatic heterocycles. The van der Waals surface area contributed by atoms with Crippen LogP contribution in [0.15, 0.2) is 24.3 Å². The van der Waals surface area contributed by atoms with Crippen LogP contribution in [0.5, 0.6) is 0 Å². The molecule has 2 aliphatic rings. The predicted molar refractivity (Wildman–Crippen MR) is 120 cm³/mol. The largest absolute Gasteiger partial charge is 0.375 e. The smallest absolute Gasteiger partial charge is 0.125 e. The Morgan fingerprint density at radius 3 is 2.35 bits per heavy atom. The molecule has 3 heterocycles. The van der Waals surface area contributed by atoms with E-state index in [9.17, 15) is 0 Å². The van der Waals surface area contributed by atoms with Crippen molar-refractivity contribution < 1.29 is 0 Å². The van der Waals surface area contributed by atoms with Crippen LogP contribution < -0.4 is 10.2 Å². The van der Waals surface area contributed by atoms with E-state index >= 15 is 0 Å². The number of aromatic nitrogens is 1. The van der Waals surface area contributed by atoms with Crippen LogP contribution in [0, 0.1) is 0 Å². The molecule has 1 fully saturated rings. The lowest BCUT2D eigenvalue weighted by Crippen LogP contribution is -2.44. The fourth-order valence-electron chi connectivity index (χ4n) is 3.28. The van der Waals surface area contributed by atoms with Gasteiger partial charge in [-0.05, 0) is 50.6 Å². The van der Waals surface area contributed by atoms with Gasteiger partial charge in [-0.3, -0.25) is 0 Å². The van der Waals surface area contributed by atoms with Crippen molar-refractivity contribution in [2.45, 2.75) is 19.3 Å². The van der Waals surface area contributed by atoms with Gasteiger partial charge in [0.05, 0.1) is 5.69 Å². The van der Waals surface area contributed by atoms with E-state index in [1.807, 2.05) is 0 Å². The van der Waals surface area contributed by atoms with E-state index in [1.165, 1.54) is 34.8 Å². The average Bonchev–Trinajstić information content (AvgIpc) is 2.87. The summed E-state index contributed by atoms with van der Waals surface area (Å²) in [6.45, 7) is 5.60. The van der Waals surface area contributed by atoms with Gasteiger partial charge in [0.1, 0.15) is 10.0 Å². The first-order valence-electron chi connectivity index (χ1n) is 8.57. The highest BCUT2D eigenvalue weighted by atomic mass is 35.5. The molecule has 26 heavy (non-hydrogen) atoms. The molecule has 0 spiro atoms. The zero-order chi connectivity index (χ0) is 15.6. The fourth-order valence-corrected chi connectivity index (χ4v) is 4.32. The number of nitrogens with one attached hydrogen (secondary N) is 1. The number of hydrogen-bond donors (Lipinski definition) is 1. The zero-order valence-electron chi connectivity index (χ0n) is 14.9. The van der Waals surface area contributed by atoms with Gasteiger partial charge in [0.25, 0.3) is 0 Å². The lowest BCUT2D eigenvalue weighted by atomic mass is 10.2. The number of aryl methyl sites for hydroxylation is 1. The molecule has 8 heteroatoms. The maximum absolute atomic E-state index is 4.87. The second-order valence-corrected chi connectivity index (χ2v) is 7.51. The molecule has 2 aliphatic heterocycles. The fraction of sp³-hybridized carbons (Fsp3) is 0.500. The Kier molecular flexibility index (Phi) is 9.48. The number of benzene rings is 1. The minimum absolute atomic E-state index is 0. The van der Waals surface area contributed by atoms with Gasteiger partial charge >= 0.3 is 0 Å². The molecule has 4 nitrogen and oxygen atoms in total. The predicted octanol–water partition coefficient (Wildman–Crippen LogP) is 4.58. The summed E-state index contributed by atoms with van der Waals surface area (Å²) < 4.78 is 0. The van der Waals surface area contributed by atoms with E-state index in [0.29, 0.717) is 0 Å². The number of halogens is 3. The van der Waals surface area contributed by atoms with Crippen LogP contribution in [0.4, 0.5) is 10.7 Å². The Balaban J connectivity index is 0.00000113. The number of nitrogens with zero attached hydrogens (tertiary/aromatic N) is 3. The number of fused-ring (bicyclic) bond motifs is 1. The van der Waals surface area contributed by atoms with Crippen molar-refractivity contribution in [3.05, 3.63) is 30.0 Å². The first kappa shape index (κ1) is 23.3. The van der Waals surface area contributed by atoms with Gasteiger partial charge < -0.3 is 15.1 Å². The Morgan fingerprint density at radius 1 is 0.962 bits per heavy atom. The highest BCUT2D eigenvalue weighted by molar-refractivity contribution is 7.19. The lowest BCUT2D eigenvalue weighted by molar-refractivity contribution is 0.313. The van der Waals surface area contributed by atoms with Gasteiger partial charge in [0.2, 0.25) is 0 Å². The minimum atomic E-state index is 0. The lowest BCUT2D eigenvalue weighted by Gasteiger charge is -2.34. The first-order valence-corrected chi connectivity index (χ1v) is 9.39. The molecular weight excluding hydrogens is 411 g/mol. The second-order valence-electron chi connectivity index (χ2n) is 6.52. The summed E-state index contributed by atoms with van der Waals surface area (Å²) in [4.78, 5) is 9.73. The van der Waals surface area contributed by atoms with Crippen LogP contribution in [0.2, 0.25) is 0 Å². The molecule has 0 unspecified atom stereocenters. The number of likely N-dealkylation sites (N-methyl/N-ethyl adjacent to an activating group) is 1. The number of piperazine rings is 1. The third-order valence-corrected chi connectivity index (χ3v) is 5.91. The average molecular weight is 438 g/mol. The topological polar surface area (TPSA) is 31.4 Å². The molecule has 1 aromatic carbocycles. The normalized spacial score (nSPS) is 16.9. The van der Waals surface area contributed by atoms with Gasteiger partial charge in [-0.25, -0.2) is 4.98 Å². The number of rotatable bonds is 2. The molecule has 146 valence electrons. The maximum atomic E-state index is 4.87. The Labute approximate surface area is 178 Å². The third-order valence-electron chi connectivity index (χ3n) is 4.81. The van der Waals surface area contributed by atoms with Crippen molar-refractivity contribution in [1.29, 1.82) is 0 Å². The standard InChI is InChI=1S/C18H24N4S.3ClH/c1-21-10-12-22(13-11-21)15-7-5-14(6-8-15)17-20-16-4-2-3-9-19-18(16)23-17;;;/h5-8,19H,2-4,9-13H2,1H3;3*1H. The number of thiazole rings is 1. The van der Waals surface area contributed by atoms with Crippen LogP contribution in [0.1, 0.15) is 18.5 Å². The molecule has 4 rings (SSSR count). The van der Waals surface area contributed by atoms with Crippen LogP contribution >= 0.6 is 48.6 Å². The minimum Gasteiger partial charge on any atom is -0.375 e. The highest BCUT2D eigenvalue weighted by Gasteiger charge is 2.16. The van der Waals surface area contributed by atoms with Crippen molar-refractivity contribution in [3.8, 4) is 10.6 Å². The molecule has 0 saturated carbocycles. The Morgan fingerprint density at radius 2 is 1.65 bits per heavy atom. The number of anilines is 2. The van der Waals surface area contributed by atoms with E-state index in [-0.39, 0.29) is 37.2 Å². The summed E-state index contributed by atoms with van der Waals surface area (Å²) >= 11 is 1.80. The Hall–Kier alpha value is -0.720. The molecule has 2 aromatic rings. The van der Waals surface area contributed by atoms with Crippen LogP contribution in [0.3, 0.4) is 0 Å². The zero-order valence-corrected chi connectivity index (χ0v) is 18.2. The van der Waals surface area contributed by atoms with Gasteiger partial charge in [0.15, 0.2) is 0 Å². The van der Waals surface area contributed by atoms with E-state index < -0.39 is 0 Å². The van der Waals surface area contributed by atoms with Crippen molar-refractivity contribution in [3.63, 3.8) is 0 Å². The van der Waals surface area contributed by atoms with Gasteiger partial charge in [0, 0.05) is 44.0 Å². The number of hydrogen-bond acceptors (Lipinski definition) is 5. The summed E-state index contributed by atoms with van der Waals surface area (Å²) in [6.07, 6.45) is 3.60. The van der Waals surface area contributed by atoms with Crippen molar-refractivity contribution in [2.24, 2.45) is 0 Å². The SMILES string of the molecule is CN1CCN(c2ccc(-c3nc4c(s3)NCCCC4)cc2)CC1.Cl.Cl.Cl. The maximum Gasteiger partial charge on any atom is 0.125 e. The third kappa shape index (κ3) is 5.17. The van der Waals surface area contributed by atoms with E-state index in [1.54, 1.807) is 11.3 Å². The first-order chi connectivity index (χ1) is 11.3. The molecule has 0 radical (unpaired) electrons.